The van der Waals surface area contributed by atoms with E-state index >= 15 is 0 Å². The average molecular weight is 270 g/mol. The third-order valence-electron chi connectivity index (χ3n) is 1.50. The maximum absolute atomic E-state index is 11.9. The van der Waals surface area contributed by atoms with Gasteiger partial charge in [-0.25, -0.2) is 4.79 Å². The molecule has 0 rings (SSSR count). The van der Waals surface area contributed by atoms with Gasteiger partial charge in [-0.1, -0.05) is 0 Å². The first-order valence-electron chi connectivity index (χ1n) is 5.27. The third kappa shape index (κ3) is 8.29. The van der Waals surface area contributed by atoms with E-state index in [2.05, 4.69) is 14.5 Å². The lowest BCUT2D eigenvalue weighted by Crippen LogP contribution is -2.15. The minimum atomic E-state index is -3.42. The van der Waals surface area contributed by atoms with Crippen molar-refractivity contribution in [3.63, 3.8) is 0 Å². The van der Waals surface area contributed by atoms with Crippen molar-refractivity contribution in [1.82, 2.24) is 0 Å². The molecule has 0 aliphatic carbocycles. The molecular weight excluding hydrogens is 251 g/mol. The van der Waals surface area contributed by atoms with E-state index in [1.165, 1.54) is 7.11 Å². The summed E-state index contributed by atoms with van der Waals surface area (Å²) >= 11 is 0. The molecule has 0 aromatic heterocycles. The van der Waals surface area contributed by atoms with Crippen molar-refractivity contribution in [2.75, 3.05) is 39.7 Å². The molecule has 0 saturated heterocycles. The summed E-state index contributed by atoms with van der Waals surface area (Å²) in [6.45, 7) is 4.10. The van der Waals surface area contributed by atoms with E-state index in [0.29, 0.717) is 6.61 Å². The summed E-state index contributed by atoms with van der Waals surface area (Å²) in [7, 11) is -1.93. The van der Waals surface area contributed by atoms with Crippen LogP contribution in [0.5, 0.6) is 0 Å². The normalized spacial score (nSPS) is 11.5. The lowest BCUT2D eigenvalue weighted by Gasteiger charge is -2.15. The molecule has 0 aliphatic rings. The fourth-order valence-corrected chi connectivity index (χ4v) is 2.34. The second-order valence-electron chi connectivity index (χ2n) is 2.87. The van der Waals surface area contributed by atoms with E-state index in [4.69, 9.17) is 9.05 Å². The number of carbonyl (C=O) groups excluding carboxylic acids is 1. The first kappa shape index (κ1) is 16.5. The smallest absolute Gasteiger partial charge is 0.354 e. The highest BCUT2D eigenvalue weighted by atomic mass is 31.2. The van der Waals surface area contributed by atoms with Gasteiger partial charge in [0.05, 0.1) is 19.8 Å². The minimum absolute atomic E-state index is 0.107. The molecule has 0 heterocycles. The van der Waals surface area contributed by atoms with Crippen LogP contribution in [0.25, 0.3) is 0 Å². The maximum atomic E-state index is 11.9. The molecule has 17 heavy (non-hydrogen) atoms. The van der Waals surface area contributed by atoms with E-state index in [1.807, 2.05) is 0 Å². The van der Waals surface area contributed by atoms with E-state index in [9.17, 15) is 9.36 Å². The molecule has 102 valence electrons. The summed E-state index contributed by atoms with van der Waals surface area (Å²) in [5.74, 6) is -0.800. The van der Waals surface area contributed by atoms with Crippen LogP contribution in [0.15, 0.2) is 0 Å². The van der Waals surface area contributed by atoms with Crippen LogP contribution in [0.1, 0.15) is 13.8 Å². The van der Waals surface area contributed by atoms with Crippen LogP contribution in [-0.4, -0.2) is 45.7 Å². The summed E-state index contributed by atoms with van der Waals surface area (Å²) in [6.07, 6.45) is -0.471. The van der Waals surface area contributed by atoms with Crippen molar-refractivity contribution in [2.24, 2.45) is 0 Å². The Morgan fingerprint density at radius 3 is 2.18 bits per heavy atom. The van der Waals surface area contributed by atoms with Crippen molar-refractivity contribution in [3.05, 3.63) is 0 Å². The zero-order valence-corrected chi connectivity index (χ0v) is 11.2. The Hall–Kier alpha value is -0.460. The largest absolute Gasteiger partial charge is 0.382 e. The second-order valence-corrected chi connectivity index (χ2v) is 4.93. The predicted octanol–water partition coefficient (Wildman–Crippen LogP) is 1.37. The summed E-state index contributed by atoms with van der Waals surface area (Å²) in [5, 5.41) is 0. The Morgan fingerprint density at radius 2 is 1.71 bits per heavy atom. The molecule has 0 atom stereocenters. The van der Waals surface area contributed by atoms with Gasteiger partial charge in [-0.3, -0.25) is 9.45 Å². The molecule has 0 amide bonds. The number of rotatable bonds is 10. The fourth-order valence-electron chi connectivity index (χ4n) is 0.931. The van der Waals surface area contributed by atoms with Crippen LogP contribution in [0.3, 0.4) is 0 Å². The fraction of sp³-hybridized carbons (Fsp3) is 0.889. The monoisotopic (exact) mass is 270 g/mol. The number of hydrogen-bond donors (Lipinski definition) is 0. The molecule has 0 radical (unpaired) electrons. The molecule has 7 nitrogen and oxygen atoms in total. The van der Waals surface area contributed by atoms with Crippen LogP contribution < -0.4 is 0 Å². The van der Waals surface area contributed by atoms with Gasteiger partial charge >= 0.3 is 13.6 Å². The Bertz CT molecular complexity index is 246. The minimum Gasteiger partial charge on any atom is -0.382 e. The van der Waals surface area contributed by atoms with Crippen LogP contribution in [0.2, 0.25) is 0 Å². The van der Waals surface area contributed by atoms with Crippen LogP contribution in [0.4, 0.5) is 0 Å². The quantitative estimate of drug-likeness (QED) is 0.257. The van der Waals surface area contributed by atoms with Gasteiger partial charge in [0.25, 0.3) is 0 Å². The summed E-state index contributed by atoms with van der Waals surface area (Å²) in [5.41, 5.74) is 0. The molecule has 0 spiro atoms. The van der Waals surface area contributed by atoms with Gasteiger partial charge in [0.15, 0.2) is 6.16 Å². The van der Waals surface area contributed by atoms with Crippen LogP contribution in [0, 0.1) is 0 Å². The highest BCUT2D eigenvalue weighted by molar-refractivity contribution is 7.54. The first-order valence-corrected chi connectivity index (χ1v) is 7.00. The molecule has 0 aromatic rings. The lowest BCUT2D eigenvalue weighted by atomic mass is 10.8. The number of hydrogen-bond acceptors (Lipinski definition) is 7. The van der Waals surface area contributed by atoms with E-state index in [-0.39, 0.29) is 19.8 Å². The highest BCUT2D eigenvalue weighted by Gasteiger charge is 2.29. The van der Waals surface area contributed by atoms with E-state index in [1.54, 1.807) is 13.8 Å². The molecule has 0 bridgehead atoms. The molecule has 0 saturated carbocycles. The Morgan fingerprint density at radius 1 is 1.12 bits per heavy atom. The van der Waals surface area contributed by atoms with Crippen molar-refractivity contribution in [3.8, 4) is 0 Å². The van der Waals surface area contributed by atoms with Crippen molar-refractivity contribution < 1.29 is 32.9 Å². The standard InChI is InChI=1S/C9H19O7P/c1-4-14-17(11,15-5-2)8-9(10)16-13-7-6-12-3/h4-8H2,1-3H3. The topological polar surface area (TPSA) is 80.3 Å². The Kier molecular flexibility index (Phi) is 9.30. The van der Waals surface area contributed by atoms with E-state index < -0.39 is 19.7 Å². The van der Waals surface area contributed by atoms with Gasteiger partial charge in [-0.05, 0) is 13.8 Å². The number of ether oxygens (including phenoxy) is 1. The van der Waals surface area contributed by atoms with Crippen LogP contribution >= 0.6 is 7.60 Å². The zero-order valence-electron chi connectivity index (χ0n) is 10.3. The average Bonchev–Trinajstić information content (AvgIpc) is 2.24. The molecule has 0 aromatic carbocycles. The lowest BCUT2D eigenvalue weighted by molar-refractivity contribution is -0.273. The third-order valence-corrected chi connectivity index (χ3v) is 3.45. The second kappa shape index (κ2) is 9.56. The number of carbonyl (C=O) groups is 1. The van der Waals surface area contributed by atoms with Crippen molar-refractivity contribution >= 4 is 13.6 Å². The van der Waals surface area contributed by atoms with Crippen LogP contribution in [-0.2, 0) is 32.9 Å². The molecular formula is C9H19O7P. The van der Waals surface area contributed by atoms with E-state index in [0.717, 1.165) is 0 Å². The molecule has 0 fully saturated rings. The zero-order chi connectivity index (χ0) is 13.1. The highest BCUT2D eigenvalue weighted by Crippen LogP contribution is 2.47. The summed E-state index contributed by atoms with van der Waals surface area (Å²) < 4.78 is 26.4. The molecule has 0 aliphatic heterocycles. The molecule has 8 heteroatoms. The maximum Gasteiger partial charge on any atom is 0.354 e. The van der Waals surface area contributed by atoms with Gasteiger partial charge in [0.1, 0.15) is 6.61 Å². The number of methoxy groups -OCH3 is 1. The van der Waals surface area contributed by atoms with Gasteiger partial charge in [0, 0.05) is 7.11 Å². The van der Waals surface area contributed by atoms with Crippen molar-refractivity contribution in [1.29, 1.82) is 0 Å². The van der Waals surface area contributed by atoms with Gasteiger partial charge in [-0.15, -0.1) is 0 Å². The van der Waals surface area contributed by atoms with Crippen molar-refractivity contribution in [2.45, 2.75) is 13.8 Å². The molecule has 0 unspecified atom stereocenters. The predicted molar refractivity (Wildman–Crippen MR) is 59.6 cm³/mol. The Labute approximate surface area is 101 Å². The summed E-state index contributed by atoms with van der Waals surface area (Å²) in [6, 6.07) is 0. The Balaban J connectivity index is 3.99. The van der Waals surface area contributed by atoms with Gasteiger partial charge < -0.3 is 13.8 Å². The SMILES string of the molecule is CCOP(=O)(CC(=O)OOCCOC)OCC. The first-order chi connectivity index (χ1) is 8.08. The summed E-state index contributed by atoms with van der Waals surface area (Å²) in [4.78, 5) is 20.2. The molecule has 0 N–H and O–H groups in total. The van der Waals surface area contributed by atoms with Gasteiger partial charge in [-0.2, -0.15) is 4.89 Å². The van der Waals surface area contributed by atoms with Gasteiger partial charge in [0.2, 0.25) is 0 Å².